The number of hydrogen-bond acceptors (Lipinski definition) is 2. The Morgan fingerprint density at radius 2 is 1.93 bits per heavy atom. The first-order valence-electron chi connectivity index (χ1n) is 4.34. The van der Waals surface area contributed by atoms with Gasteiger partial charge in [-0.15, -0.1) is 0 Å². The van der Waals surface area contributed by atoms with Crippen LogP contribution in [0.3, 0.4) is 0 Å². The van der Waals surface area contributed by atoms with Crippen molar-refractivity contribution in [1.29, 1.82) is 0 Å². The van der Waals surface area contributed by atoms with Crippen molar-refractivity contribution >= 4 is 10.9 Å². The van der Waals surface area contributed by atoms with E-state index in [0.717, 1.165) is 10.9 Å². The first-order valence-corrected chi connectivity index (χ1v) is 4.34. The zero-order valence-electron chi connectivity index (χ0n) is 7.31. The summed E-state index contributed by atoms with van der Waals surface area (Å²) in [5.74, 6) is 0.572. The lowest BCUT2D eigenvalue weighted by atomic mass is 10.2. The van der Waals surface area contributed by atoms with Crippen LogP contribution in [0.4, 0.5) is 0 Å². The lowest BCUT2D eigenvalue weighted by Gasteiger charge is -2.06. The zero-order valence-corrected chi connectivity index (χ0v) is 7.31. The maximum Gasteiger partial charge on any atom is 0.316 e. The summed E-state index contributed by atoms with van der Waals surface area (Å²) in [5.41, 5.74) is 1.57. The molecule has 0 radical (unpaired) electrons. The van der Waals surface area contributed by atoms with Crippen LogP contribution in [0.1, 0.15) is 0 Å². The second kappa shape index (κ2) is 2.48. The van der Waals surface area contributed by atoms with Crippen LogP contribution in [0.2, 0.25) is 0 Å². The summed E-state index contributed by atoms with van der Waals surface area (Å²) in [4.78, 5) is 4.33. The molecular weight excluding hydrogens is 178 g/mol. The standard InChI is InChI=1S/C11H7NO2/c13-14-7-3-6-10-11(14)8-4-1-2-5-9(8)12-10/h1-7H. The molecule has 3 rings (SSSR count). The molecule has 0 unspecified atom stereocenters. The van der Waals surface area contributed by atoms with Crippen LogP contribution in [0, 0.1) is 0 Å². The molecule has 2 heterocycles. The van der Waals surface area contributed by atoms with Gasteiger partial charge in [-0.1, -0.05) is 12.1 Å². The normalized spacial score (nSPS) is 11.1. The van der Waals surface area contributed by atoms with E-state index < -0.39 is 0 Å². The van der Waals surface area contributed by atoms with Crippen LogP contribution >= 0.6 is 0 Å². The van der Waals surface area contributed by atoms with Crippen LogP contribution in [0.15, 0.2) is 46.9 Å². The van der Waals surface area contributed by atoms with Crippen molar-refractivity contribution in [3.8, 4) is 11.5 Å². The van der Waals surface area contributed by atoms with E-state index in [1.807, 2.05) is 30.3 Å². The Hall–Kier alpha value is -2.03. The van der Waals surface area contributed by atoms with Crippen LogP contribution in [-0.4, -0.2) is 4.98 Å². The van der Waals surface area contributed by atoms with Crippen molar-refractivity contribution in [2.75, 3.05) is 0 Å². The SMILES string of the molecule is [O-][o+]1cccc2nc3ccccc3c1-2. The summed E-state index contributed by atoms with van der Waals surface area (Å²) in [6.45, 7) is 0. The number of hydrogen-bond donors (Lipinski definition) is 0. The van der Waals surface area contributed by atoms with Crippen LogP contribution in [-0.2, 0) is 0 Å². The first kappa shape index (κ1) is 7.38. The quantitative estimate of drug-likeness (QED) is 0.395. The minimum atomic E-state index is 0.572. The Labute approximate surface area is 80.2 Å². The zero-order chi connectivity index (χ0) is 9.54. The van der Waals surface area contributed by atoms with Gasteiger partial charge in [0.25, 0.3) is 0 Å². The molecule has 0 saturated carbocycles. The van der Waals surface area contributed by atoms with Crippen LogP contribution < -0.4 is 5.26 Å². The molecule has 14 heavy (non-hydrogen) atoms. The molecule has 0 aromatic heterocycles. The monoisotopic (exact) mass is 185 g/mol. The van der Waals surface area contributed by atoms with E-state index in [9.17, 15) is 5.26 Å². The molecule has 0 bridgehead atoms. The third-order valence-corrected chi connectivity index (χ3v) is 2.28. The molecule has 68 valence electrons. The van der Waals surface area contributed by atoms with Crippen LogP contribution in [0.5, 0.6) is 0 Å². The minimum absolute atomic E-state index is 0.572. The summed E-state index contributed by atoms with van der Waals surface area (Å²) in [5, 5.41) is 12.3. The fraction of sp³-hybridized carbons (Fsp3) is 0. The second-order valence-corrected chi connectivity index (χ2v) is 3.14. The highest BCUT2D eigenvalue weighted by Crippen LogP contribution is 2.31. The third-order valence-electron chi connectivity index (χ3n) is 2.28. The Morgan fingerprint density at radius 1 is 1.07 bits per heavy atom. The van der Waals surface area contributed by atoms with E-state index in [0.29, 0.717) is 11.5 Å². The van der Waals surface area contributed by atoms with Gasteiger partial charge in [0.15, 0.2) is 5.69 Å². The van der Waals surface area contributed by atoms with E-state index in [1.54, 1.807) is 10.3 Å². The van der Waals surface area contributed by atoms with Gasteiger partial charge in [-0.2, -0.15) is 0 Å². The highest BCUT2D eigenvalue weighted by atomic mass is 17.1. The Bertz CT molecular complexity index is 571. The van der Waals surface area contributed by atoms with Crippen molar-refractivity contribution in [2.45, 2.75) is 0 Å². The molecule has 0 spiro atoms. The predicted octanol–water partition coefficient (Wildman–Crippen LogP) is 1.74. The summed E-state index contributed by atoms with van der Waals surface area (Å²) < 4.78 is 1.68. The smallest absolute Gasteiger partial charge is 0.316 e. The topological polar surface area (TPSA) is 38.7 Å². The average molecular weight is 185 g/mol. The van der Waals surface area contributed by atoms with Gasteiger partial charge in [0, 0.05) is 6.07 Å². The van der Waals surface area contributed by atoms with E-state index in [4.69, 9.17) is 0 Å². The summed E-state index contributed by atoms with van der Waals surface area (Å²) in [7, 11) is 0. The van der Waals surface area contributed by atoms with Crippen LogP contribution in [0.25, 0.3) is 22.4 Å². The van der Waals surface area contributed by atoms with Gasteiger partial charge >= 0.3 is 5.76 Å². The Kier molecular flexibility index (Phi) is 1.31. The maximum absolute atomic E-state index is 11.4. The molecule has 0 amide bonds. The van der Waals surface area contributed by atoms with E-state index in [2.05, 4.69) is 4.98 Å². The molecule has 0 atom stereocenters. The van der Waals surface area contributed by atoms with Crippen molar-refractivity contribution in [2.24, 2.45) is 0 Å². The number of fused-ring (bicyclic) bond motifs is 3. The van der Waals surface area contributed by atoms with Gasteiger partial charge in [0.05, 0.1) is 5.52 Å². The molecule has 1 aromatic carbocycles. The molecule has 2 aliphatic rings. The summed E-state index contributed by atoms with van der Waals surface area (Å²) in [6, 6.07) is 11.1. The Balaban J connectivity index is 2.57. The predicted molar refractivity (Wildman–Crippen MR) is 50.6 cm³/mol. The molecule has 0 aliphatic carbocycles. The number of nitrogens with zero attached hydrogens (tertiary/aromatic N) is 1. The molecular formula is C11H7NO2. The Morgan fingerprint density at radius 3 is 2.86 bits per heavy atom. The molecule has 3 heteroatoms. The molecule has 0 fully saturated rings. The van der Waals surface area contributed by atoms with Gasteiger partial charge in [-0.3, -0.25) is 0 Å². The van der Waals surface area contributed by atoms with E-state index in [-0.39, 0.29) is 0 Å². The molecule has 0 saturated heterocycles. The second-order valence-electron chi connectivity index (χ2n) is 3.14. The van der Waals surface area contributed by atoms with E-state index in [1.165, 1.54) is 6.26 Å². The third kappa shape index (κ3) is 0.836. The fourth-order valence-corrected chi connectivity index (χ4v) is 1.68. The number of aromatic nitrogens is 1. The lowest BCUT2D eigenvalue weighted by molar-refractivity contribution is -0.693. The number of rotatable bonds is 0. The highest BCUT2D eigenvalue weighted by Gasteiger charge is 2.19. The van der Waals surface area contributed by atoms with Gasteiger partial charge in [0.1, 0.15) is 5.39 Å². The number of benzene rings is 1. The molecule has 1 aromatic rings. The number of para-hydroxylation sites is 1. The van der Waals surface area contributed by atoms with E-state index >= 15 is 0 Å². The lowest BCUT2D eigenvalue weighted by Crippen LogP contribution is -2.01. The maximum atomic E-state index is 11.4. The average Bonchev–Trinajstić information content (AvgIpc) is 2.57. The fourth-order valence-electron chi connectivity index (χ4n) is 1.68. The van der Waals surface area contributed by atoms with Gasteiger partial charge < -0.3 is 9.46 Å². The molecule has 0 N–H and O–H groups in total. The molecule has 3 nitrogen and oxygen atoms in total. The summed E-state index contributed by atoms with van der Waals surface area (Å²) in [6.07, 6.45) is 1.41. The highest BCUT2D eigenvalue weighted by molar-refractivity contribution is 5.94. The van der Waals surface area contributed by atoms with Crippen molar-refractivity contribution in [3.63, 3.8) is 0 Å². The van der Waals surface area contributed by atoms with Crippen molar-refractivity contribution in [1.82, 2.24) is 4.98 Å². The van der Waals surface area contributed by atoms with Crippen molar-refractivity contribution in [3.05, 3.63) is 42.7 Å². The first-order chi connectivity index (χ1) is 6.86. The minimum Gasteiger partial charge on any atom is -0.556 e. The van der Waals surface area contributed by atoms with Gasteiger partial charge in [-0.05, 0) is 18.2 Å². The van der Waals surface area contributed by atoms with Crippen molar-refractivity contribution < 1.29 is 9.46 Å². The molecule has 2 aliphatic heterocycles. The van der Waals surface area contributed by atoms with Gasteiger partial charge in [-0.25, -0.2) is 4.98 Å². The summed E-state index contributed by atoms with van der Waals surface area (Å²) >= 11 is 0. The largest absolute Gasteiger partial charge is 0.556 e. The van der Waals surface area contributed by atoms with Gasteiger partial charge in [0.2, 0.25) is 6.26 Å².